The van der Waals surface area contributed by atoms with E-state index in [1.54, 1.807) is 0 Å². The van der Waals surface area contributed by atoms with E-state index in [9.17, 15) is 14.7 Å². The number of nitrogens with zero attached hydrogens (tertiary/aromatic N) is 1. The van der Waals surface area contributed by atoms with Gasteiger partial charge in [-0.1, -0.05) is 76.6 Å². The van der Waals surface area contributed by atoms with Gasteiger partial charge in [-0.05, 0) is 11.1 Å². The Morgan fingerprint density at radius 2 is 1.48 bits per heavy atom. The minimum absolute atomic E-state index is 0.128. The fraction of sp³-hybridized carbons (Fsp3) is 0.222. The molecule has 0 bridgehead atoms. The molecule has 1 N–H and O–H groups in total. The third kappa shape index (κ3) is 4.93. The normalized spacial score (nSPS) is 11.7. The Hall–Kier alpha value is -2.14. The van der Waals surface area contributed by atoms with Crippen molar-refractivity contribution in [3.63, 3.8) is 0 Å². The van der Waals surface area contributed by atoms with Gasteiger partial charge in [0.15, 0.2) is 5.78 Å². The molecule has 0 aliphatic carbocycles. The highest BCUT2D eigenvalue weighted by Crippen LogP contribution is 2.15. The largest absolute Gasteiger partial charge is 0.465 e. The van der Waals surface area contributed by atoms with Crippen molar-refractivity contribution in [3.8, 4) is 0 Å². The van der Waals surface area contributed by atoms with Crippen molar-refractivity contribution < 1.29 is 14.7 Å². The average Bonchev–Trinajstić information content (AvgIpc) is 2.59. The van der Waals surface area contributed by atoms with E-state index >= 15 is 0 Å². The number of carbonyl (C=O) groups is 2. The van der Waals surface area contributed by atoms with Crippen LogP contribution in [0, 0.1) is 0 Å². The predicted molar refractivity (Wildman–Crippen MR) is 92.7 cm³/mol. The molecule has 0 fully saturated rings. The molecule has 0 aliphatic heterocycles. The van der Waals surface area contributed by atoms with Gasteiger partial charge in [0.1, 0.15) is 0 Å². The van der Waals surface area contributed by atoms with Gasteiger partial charge in [0.25, 0.3) is 0 Å². The van der Waals surface area contributed by atoms with Gasteiger partial charge in [-0.15, -0.1) is 0 Å². The molecule has 1 unspecified atom stereocenters. The van der Waals surface area contributed by atoms with E-state index in [0.29, 0.717) is 6.42 Å². The first kappa shape index (κ1) is 17.2. The van der Waals surface area contributed by atoms with Crippen molar-refractivity contribution in [1.29, 1.82) is 0 Å². The lowest BCUT2D eigenvalue weighted by atomic mass is 10.0. The van der Waals surface area contributed by atoms with Crippen molar-refractivity contribution in [3.05, 3.63) is 71.8 Å². The fourth-order valence-corrected chi connectivity index (χ4v) is 2.79. The molecule has 0 saturated carbocycles. The number of halogens is 1. The summed E-state index contributed by atoms with van der Waals surface area (Å²) in [5, 5.41) is 9.71. The monoisotopic (exact) mass is 375 g/mol. The molecular formula is C18H18BrNO3. The van der Waals surface area contributed by atoms with Gasteiger partial charge in [-0.3, -0.25) is 9.69 Å². The molecule has 0 radical (unpaired) electrons. The molecule has 0 spiro atoms. The highest BCUT2D eigenvalue weighted by atomic mass is 79.9. The predicted octanol–water partition coefficient (Wildman–Crippen LogP) is 3.74. The van der Waals surface area contributed by atoms with Crippen LogP contribution in [0.3, 0.4) is 0 Å². The SMILES string of the molecule is O=C(CBr)C(Cc1ccccc1)N(Cc1ccccc1)C(=O)O. The summed E-state index contributed by atoms with van der Waals surface area (Å²) >= 11 is 3.16. The van der Waals surface area contributed by atoms with E-state index in [0.717, 1.165) is 11.1 Å². The first-order valence-corrected chi connectivity index (χ1v) is 8.40. The van der Waals surface area contributed by atoms with E-state index in [1.165, 1.54) is 4.90 Å². The Kier molecular flexibility index (Phi) is 6.35. The number of benzene rings is 2. The zero-order chi connectivity index (χ0) is 16.7. The van der Waals surface area contributed by atoms with E-state index in [4.69, 9.17) is 0 Å². The maximum atomic E-state index is 12.3. The summed E-state index contributed by atoms with van der Waals surface area (Å²) in [5.74, 6) is -0.146. The lowest BCUT2D eigenvalue weighted by Crippen LogP contribution is -2.45. The summed E-state index contributed by atoms with van der Waals surface area (Å²) in [4.78, 5) is 25.2. The minimum Gasteiger partial charge on any atom is -0.465 e. The number of ketones is 1. The van der Waals surface area contributed by atoms with Crippen LogP contribution in [0.15, 0.2) is 60.7 Å². The second kappa shape index (κ2) is 8.48. The van der Waals surface area contributed by atoms with E-state index < -0.39 is 12.1 Å². The van der Waals surface area contributed by atoms with Crippen molar-refractivity contribution in [2.45, 2.75) is 19.0 Å². The lowest BCUT2D eigenvalue weighted by Gasteiger charge is -2.28. The van der Waals surface area contributed by atoms with Crippen LogP contribution in [0.4, 0.5) is 4.79 Å². The molecule has 5 heteroatoms. The third-order valence-corrected chi connectivity index (χ3v) is 4.15. The van der Waals surface area contributed by atoms with E-state index in [1.807, 2.05) is 60.7 Å². The van der Waals surface area contributed by atoms with Crippen molar-refractivity contribution >= 4 is 27.8 Å². The van der Waals surface area contributed by atoms with E-state index in [2.05, 4.69) is 15.9 Å². The number of carboxylic acid groups (broad SMARTS) is 1. The molecule has 1 atom stereocenters. The Morgan fingerprint density at radius 1 is 0.957 bits per heavy atom. The van der Waals surface area contributed by atoms with Gasteiger partial charge in [-0.2, -0.15) is 0 Å². The summed E-state index contributed by atoms with van der Waals surface area (Å²) in [6.45, 7) is 0.187. The fourth-order valence-electron chi connectivity index (χ4n) is 2.42. The number of hydrogen-bond donors (Lipinski definition) is 1. The van der Waals surface area contributed by atoms with Crippen LogP contribution in [0.2, 0.25) is 0 Å². The molecule has 0 heterocycles. The maximum absolute atomic E-state index is 12.3. The van der Waals surface area contributed by atoms with Crippen molar-refractivity contribution in [2.24, 2.45) is 0 Å². The van der Waals surface area contributed by atoms with Crippen molar-refractivity contribution in [1.82, 2.24) is 4.90 Å². The number of hydrogen-bond acceptors (Lipinski definition) is 2. The molecule has 0 aliphatic rings. The maximum Gasteiger partial charge on any atom is 0.408 e. The molecular weight excluding hydrogens is 358 g/mol. The quantitative estimate of drug-likeness (QED) is 0.749. The molecule has 120 valence electrons. The molecule has 2 aromatic carbocycles. The highest BCUT2D eigenvalue weighted by Gasteiger charge is 2.29. The van der Waals surface area contributed by atoms with Crippen LogP contribution in [0.25, 0.3) is 0 Å². The number of amides is 1. The zero-order valence-electron chi connectivity index (χ0n) is 12.6. The molecule has 2 aromatic rings. The Morgan fingerprint density at radius 3 is 1.96 bits per heavy atom. The number of carbonyl (C=O) groups excluding carboxylic acids is 1. The second-order valence-corrected chi connectivity index (χ2v) is 5.76. The first-order chi connectivity index (χ1) is 11.1. The van der Waals surface area contributed by atoms with Gasteiger partial charge in [-0.25, -0.2) is 4.79 Å². The molecule has 2 rings (SSSR count). The molecule has 1 amide bonds. The Labute approximate surface area is 143 Å². The van der Waals surface area contributed by atoms with Crippen LogP contribution >= 0.6 is 15.9 Å². The topological polar surface area (TPSA) is 57.6 Å². The summed E-state index contributed by atoms with van der Waals surface area (Å²) in [6.07, 6.45) is -0.728. The third-order valence-electron chi connectivity index (χ3n) is 3.59. The van der Waals surface area contributed by atoms with Gasteiger partial charge in [0, 0.05) is 13.0 Å². The summed E-state index contributed by atoms with van der Waals surface area (Å²) in [7, 11) is 0. The summed E-state index contributed by atoms with van der Waals surface area (Å²) in [5.41, 5.74) is 1.79. The number of alkyl halides is 1. The molecule has 4 nitrogen and oxygen atoms in total. The zero-order valence-corrected chi connectivity index (χ0v) is 14.1. The number of Topliss-reactive ketones (excluding diaryl/α,β-unsaturated/α-hetero) is 1. The van der Waals surface area contributed by atoms with Gasteiger partial charge in [0.2, 0.25) is 0 Å². The molecule has 0 aromatic heterocycles. The van der Waals surface area contributed by atoms with Crippen LogP contribution < -0.4 is 0 Å². The number of rotatable bonds is 7. The summed E-state index contributed by atoms with van der Waals surface area (Å²) < 4.78 is 0. The highest BCUT2D eigenvalue weighted by molar-refractivity contribution is 9.09. The van der Waals surface area contributed by atoms with Crippen molar-refractivity contribution in [2.75, 3.05) is 5.33 Å². The standard InChI is InChI=1S/C18H18BrNO3/c19-12-17(21)16(11-14-7-3-1-4-8-14)20(18(22)23)13-15-9-5-2-6-10-15/h1-10,16H,11-13H2,(H,22,23). The average molecular weight is 376 g/mol. The second-order valence-electron chi connectivity index (χ2n) is 5.20. The molecule has 23 heavy (non-hydrogen) atoms. The Balaban J connectivity index is 2.26. The minimum atomic E-state index is -1.09. The van der Waals surface area contributed by atoms with Gasteiger partial charge in [0.05, 0.1) is 11.4 Å². The summed E-state index contributed by atoms with van der Waals surface area (Å²) in [6, 6.07) is 18.0. The van der Waals surface area contributed by atoms with Crippen LogP contribution in [0.1, 0.15) is 11.1 Å². The van der Waals surface area contributed by atoms with Gasteiger partial charge >= 0.3 is 6.09 Å². The van der Waals surface area contributed by atoms with Crippen LogP contribution in [-0.2, 0) is 17.8 Å². The lowest BCUT2D eigenvalue weighted by molar-refractivity contribution is -0.121. The van der Waals surface area contributed by atoms with Gasteiger partial charge < -0.3 is 5.11 Å². The smallest absolute Gasteiger partial charge is 0.408 e. The van der Waals surface area contributed by atoms with Crippen LogP contribution in [0.5, 0.6) is 0 Å². The van der Waals surface area contributed by atoms with Crippen LogP contribution in [-0.4, -0.2) is 33.3 Å². The molecule has 0 saturated heterocycles. The van der Waals surface area contributed by atoms with E-state index in [-0.39, 0.29) is 17.7 Å². The first-order valence-electron chi connectivity index (χ1n) is 7.28. The Bertz CT molecular complexity index is 646.